The molecule has 1 aromatic carbocycles. The summed E-state index contributed by atoms with van der Waals surface area (Å²) < 4.78 is 38.6. The van der Waals surface area contributed by atoms with E-state index in [1.54, 1.807) is 12.1 Å². The molecule has 24 heavy (non-hydrogen) atoms. The van der Waals surface area contributed by atoms with Crippen molar-refractivity contribution in [2.24, 2.45) is 17.8 Å². The predicted molar refractivity (Wildman–Crippen MR) is 91.4 cm³/mol. The fourth-order valence-electron chi connectivity index (χ4n) is 4.83. The van der Waals surface area contributed by atoms with Crippen LogP contribution in [0.4, 0.5) is 13.2 Å². The second kappa shape index (κ2) is 8.22. The topological polar surface area (TPSA) is 0 Å². The third-order valence-corrected chi connectivity index (χ3v) is 6.30. The van der Waals surface area contributed by atoms with E-state index in [-0.39, 0.29) is 0 Å². The highest BCUT2D eigenvalue weighted by molar-refractivity contribution is 5.22. The lowest BCUT2D eigenvalue weighted by atomic mass is 9.68. The second-order valence-corrected chi connectivity index (χ2v) is 7.66. The molecule has 2 fully saturated rings. The Bertz CT molecular complexity index is 550. The Kier molecular flexibility index (Phi) is 6.02. The molecule has 3 heteroatoms. The highest BCUT2D eigenvalue weighted by Gasteiger charge is 2.31. The third-order valence-electron chi connectivity index (χ3n) is 6.30. The van der Waals surface area contributed by atoms with Gasteiger partial charge in [-0.05, 0) is 99.2 Å². The van der Waals surface area contributed by atoms with Crippen molar-refractivity contribution in [3.8, 4) is 0 Å². The summed E-state index contributed by atoms with van der Waals surface area (Å²) in [4.78, 5) is 0. The van der Waals surface area contributed by atoms with Gasteiger partial charge >= 0.3 is 0 Å². The first-order valence-corrected chi connectivity index (χ1v) is 9.37. The Balaban J connectivity index is 1.48. The van der Waals surface area contributed by atoms with Crippen LogP contribution in [-0.4, -0.2) is 0 Å². The van der Waals surface area contributed by atoms with Gasteiger partial charge in [0.1, 0.15) is 0 Å². The van der Waals surface area contributed by atoms with Gasteiger partial charge in [0.25, 0.3) is 0 Å². The zero-order chi connectivity index (χ0) is 16.9. The normalized spacial score (nSPS) is 31.5. The van der Waals surface area contributed by atoms with Gasteiger partial charge in [0.05, 0.1) is 6.33 Å². The fourth-order valence-corrected chi connectivity index (χ4v) is 4.83. The van der Waals surface area contributed by atoms with Crippen molar-refractivity contribution in [2.75, 3.05) is 0 Å². The molecule has 2 aliphatic rings. The van der Waals surface area contributed by atoms with Crippen LogP contribution in [0.5, 0.6) is 0 Å². The van der Waals surface area contributed by atoms with Crippen molar-refractivity contribution < 1.29 is 13.2 Å². The standard InChI is InChI=1S/C21H27F3/c22-13-1-2-15-3-5-16(6-4-15)17-7-9-18(10-8-17)19-11-12-20(23)21(24)14-19/h1,11-18H,2-10H2/b13-1+. The molecule has 0 spiro atoms. The molecule has 0 saturated heterocycles. The highest BCUT2D eigenvalue weighted by atomic mass is 19.2. The first-order chi connectivity index (χ1) is 11.7. The van der Waals surface area contributed by atoms with Crippen LogP contribution in [0.25, 0.3) is 0 Å². The van der Waals surface area contributed by atoms with Crippen molar-refractivity contribution in [3.05, 3.63) is 47.8 Å². The lowest BCUT2D eigenvalue weighted by Gasteiger charge is -2.38. The van der Waals surface area contributed by atoms with E-state index in [0.717, 1.165) is 36.7 Å². The smallest absolute Gasteiger partial charge is 0.159 e. The second-order valence-electron chi connectivity index (χ2n) is 7.66. The van der Waals surface area contributed by atoms with E-state index >= 15 is 0 Å². The Morgan fingerprint density at radius 2 is 1.46 bits per heavy atom. The number of hydrogen-bond acceptors (Lipinski definition) is 0. The van der Waals surface area contributed by atoms with Crippen LogP contribution in [0.1, 0.15) is 69.3 Å². The van der Waals surface area contributed by atoms with Gasteiger partial charge in [-0.1, -0.05) is 12.1 Å². The van der Waals surface area contributed by atoms with E-state index in [0.29, 0.717) is 18.2 Å². The zero-order valence-corrected chi connectivity index (χ0v) is 14.2. The molecule has 2 aliphatic carbocycles. The summed E-state index contributed by atoms with van der Waals surface area (Å²) in [5.41, 5.74) is 0.953. The number of allylic oxidation sites excluding steroid dienone is 1. The van der Waals surface area contributed by atoms with Crippen molar-refractivity contribution in [2.45, 2.75) is 63.7 Å². The molecular formula is C21H27F3. The maximum Gasteiger partial charge on any atom is 0.159 e. The summed E-state index contributed by atoms with van der Waals surface area (Å²) in [5, 5.41) is 0. The molecule has 0 radical (unpaired) electrons. The molecule has 0 amide bonds. The molecular weight excluding hydrogens is 309 g/mol. The van der Waals surface area contributed by atoms with Crippen molar-refractivity contribution in [1.82, 2.24) is 0 Å². The van der Waals surface area contributed by atoms with Gasteiger partial charge in [0, 0.05) is 0 Å². The van der Waals surface area contributed by atoms with Crippen LogP contribution in [0.2, 0.25) is 0 Å². The fraction of sp³-hybridized carbons (Fsp3) is 0.619. The van der Waals surface area contributed by atoms with Crippen LogP contribution < -0.4 is 0 Å². The Morgan fingerprint density at radius 1 is 0.833 bits per heavy atom. The van der Waals surface area contributed by atoms with E-state index in [1.165, 1.54) is 50.7 Å². The lowest BCUT2D eigenvalue weighted by molar-refractivity contribution is 0.160. The molecule has 0 aromatic heterocycles. The quantitative estimate of drug-likeness (QED) is 0.560. The molecule has 0 N–H and O–H groups in total. The summed E-state index contributed by atoms with van der Waals surface area (Å²) in [7, 11) is 0. The molecule has 2 saturated carbocycles. The van der Waals surface area contributed by atoms with Crippen LogP contribution >= 0.6 is 0 Å². The molecule has 3 rings (SSSR count). The van der Waals surface area contributed by atoms with Gasteiger partial charge in [0.15, 0.2) is 11.6 Å². The number of hydrogen-bond donors (Lipinski definition) is 0. The average Bonchev–Trinajstić information content (AvgIpc) is 2.63. The Labute approximate surface area is 143 Å². The van der Waals surface area contributed by atoms with E-state index in [9.17, 15) is 13.2 Å². The van der Waals surface area contributed by atoms with Crippen LogP contribution in [0, 0.1) is 29.4 Å². The Hall–Kier alpha value is -1.25. The minimum Gasteiger partial charge on any atom is -0.216 e. The molecule has 0 bridgehead atoms. The Morgan fingerprint density at radius 3 is 2.04 bits per heavy atom. The monoisotopic (exact) mass is 336 g/mol. The van der Waals surface area contributed by atoms with E-state index < -0.39 is 11.6 Å². The van der Waals surface area contributed by atoms with Gasteiger partial charge in [-0.2, -0.15) is 0 Å². The largest absolute Gasteiger partial charge is 0.216 e. The number of halogens is 3. The summed E-state index contributed by atoms with van der Waals surface area (Å²) >= 11 is 0. The van der Waals surface area contributed by atoms with Crippen LogP contribution in [0.15, 0.2) is 30.6 Å². The van der Waals surface area contributed by atoms with Crippen LogP contribution in [-0.2, 0) is 0 Å². The number of rotatable bonds is 4. The zero-order valence-electron chi connectivity index (χ0n) is 14.2. The third kappa shape index (κ3) is 4.23. The molecule has 0 unspecified atom stereocenters. The van der Waals surface area contributed by atoms with Gasteiger partial charge in [0.2, 0.25) is 0 Å². The van der Waals surface area contributed by atoms with Gasteiger partial charge in [-0.25, -0.2) is 13.2 Å². The SMILES string of the molecule is F/C=C/CC1CCC(C2CCC(c3ccc(F)c(F)c3)CC2)CC1. The van der Waals surface area contributed by atoms with Crippen LogP contribution in [0.3, 0.4) is 0 Å². The van der Waals surface area contributed by atoms with E-state index in [1.807, 2.05) is 0 Å². The summed E-state index contributed by atoms with van der Waals surface area (Å²) in [6, 6.07) is 4.38. The molecule has 132 valence electrons. The van der Waals surface area contributed by atoms with Crippen molar-refractivity contribution in [1.29, 1.82) is 0 Å². The first kappa shape index (κ1) is 17.6. The van der Waals surface area contributed by atoms with Gasteiger partial charge < -0.3 is 0 Å². The minimum atomic E-state index is -0.758. The first-order valence-electron chi connectivity index (χ1n) is 9.37. The highest BCUT2D eigenvalue weighted by Crippen LogP contribution is 2.44. The van der Waals surface area contributed by atoms with E-state index in [4.69, 9.17) is 0 Å². The van der Waals surface area contributed by atoms with Gasteiger partial charge in [-0.15, -0.1) is 0 Å². The minimum absolute atomic E-state index is 0.377. The summed E-state index contributed by atoms with van der Waals surface area (Å²) in [6.45, 7) is 0. The van der Waals surface area contributed by atoms with E-state index in [2.05, 4.69) is 0 Å². The average molecular weight is 336 g/mol. The number of benzene rings is 1. The van der Waals surface area contributed by atoms with Crippen molar-refractivity contribution in [3.63, 3.8) is 0 Å². The molecule has 1 aromatic rings. The maximum absolute atomic E-state index is 13.4. The lowest BCUT2D eigenvalue weighted by Crippen LogP contribution is -2.25. The van der Waals surface area contributed by atoms with Crippen molar-refractivity contribution >= 4 is 0 Å². The summed E-state index contributed by atoms with van der Waals surface area (Å²) in [5.74, 6) is 1.14. The molecule has 0 nitrogen and oxygen atoms in total. The molecule has 0 atom stereocenters. The summed E-state index contributed by atoms with van der Waals surface area (Å²) in [6.07, 6.45) is 12.7. The predicted octanol–water partition coefficient (Wildman–Crippen LogP) is 6.92. The maximum atomic E-state index is 13.4. The molecule has 0 aliphatic heterocycles. The van der Waals surface area contributed by atoms with Gasteiger partial charge in [-0.3, -0.25) is 0 Å². The molecule has 0 heterocycles.